The number of rotatable bonds is 12. The van der Waals surface area contributed by atoms with Crippen molar-refractivity contribution in [1.29, 1.82) is 0 Å². The van der Waals surface area contributed by atoms with Crippen LogP contribution in [0.4, 0.5) is 28.4 Å². The van der Waals surface area contributed by atoms with Crippen LogP contribution in [0.1, 0.15) is 92.5 Å². The first-order valence-corrected chi connectivity index (χ1v) is 22.5. The number of benzene rings is 6. The number of thiophene rings is 1. The highest BCUT2D eigenvalue weighted by Gasteiger charge is 2.20. The maximum Gasteiger partial charge on any atom is 0.0476 e. The van der Waals surface area contributed by atoms with Crippen molar-refractivity contribution >= 4 is 72.1 Å². The molecule has 59 heavy (non-hydrogen) atoms. The number of allylic oxidation sites excluding steroid dienone is 3. The van der Waals surface area contributed by atoms with Crippen molar-refractivity contribution in [2.45, 2.75) is 87.5 Å². The van der Waals surface area contributed by atoms with Gasteiger partial charge in [0.25, 0.3) is 0 Å². The van der Waals surface area contributed by atoms with E-state index in [0.717, 1.165) is 32.1 Å². The molecule has 0 saturated carbocycles. The van der Waals surface area contributed by atoms with Crippen molar-refractivity contribution in [2.24, 2.45) is 5.92 Å². The molecule has 1 aromatic heterocycles. The normalized spacial score (nSPS) is 14.3. The topological polar surface area (TPSA) is 6.48 Å². The molecule has 1 heterocycles. The van der Waals surface area contributed by atoms with E-state index in [-0.39, 0.29) is 0 Å². The summed E-state index contributed by atoms with van der Waals surface area (Å²) in [6, 6.07) is 43.8. The molecule has 0 fully saturated rings. The van der Waals surface area contributed by atoms with E-state index in [2.05, 4.69) is 205 Å². The van der Waals surface area contributed by atoms with E-state index in [1.54, 1.807) is 0 Å². The number of nitrogens with zero attached hydrogens (tertiary/aromatic N) is 2. The largest absolute Gasteiger partial charge is 0.311 e. The van der Waals surface area contributed by atoms with Crippen molar-refractivity contribution < 1.29 is 0 Å². The highest BCUT2D eigenvalue weighted by atomic mass is 32.1. The smallest absolute Gasteiger partial charge is 0.0476 e. The molecule has 0 radical (unpaired) electrons. The molecule has 0 N–H and O–H groups in total. The van der Waals surface area contributed by atoms with Crippen LogP contribution in [0, 0.1) is 19.8 Å². The van der Waals surface area contributed by atoms with Gasteiger partial charge in [-0.15, -0.1) is 11.3 Å². The first kappa shape index (κ1) is 40.2. The fourth-order valence-electron chi connectivity index (χ4n) is 8.64. The van der Waals surface area contributed by atoms with Gasteiger partial charge in [0.1, 0.15) is 0 Å². The molecule has 0 aliphatic heterocycles. The van der Waals surface area contributed by atoms with E-state index < -0.39 is 0 Å². The molecule has 1 atom stereocenters. The van der Waals surface area contributed by atoms with Crippen LogP contribution in [0.25, 0.3) is 32.3 Å². The Kier molecular flexibility index (Phi) is 11.8. The van der Waals surface area contributed by atoms with Crippen molar-refractivity contribution in [3.05, 3.63) is 183 Å². The molecule has 8 rings (SSSR count). The Morgan fingerprint density at radius 3 is 1.64 bits per heavy atom. The zero-order chi connectivity index (χ0) is 41.2. The fourth-order valence-corrected chi connectivity index (χ4v) is 9.82. The molecule has 0 saturated heterocycles. The molecule has 0 spiro atoms. The molecule has 3 heteroatoms. The molecule has 0 amide bonds. The highest BCUT2D eigenvalue weighted by molar-refractivity contribution is 7.25. The average Bonchev–Trinajstić information content (AvgIpc) is 3.63. The third-order valence-corrected chi connectivity index (χ3v) is 13.7. The second kappa shape index (κ2) is 17.3. The zero-order valence-corrected chi connectivity index (χ0v) is 37.0. The van der Waals surface area contributed by atoms with E-state index in [9.17, 15) is 0 Å². The van der Waals surface area contributed by atoms with Crippen LogP contribution in [0.15, 0.2) is 139 Å². The maximum absolute atomic E-state index is 2.44. The minimum absolute atomic E-state index is 0.577. The number of fused-ring (bicyclic) bond motifs is 3. The molecule has 2 nitrogen and oxygen atoms in total. The summed E-state index contributed by atoms with van der Waals surface area (Å²) in [6.07, 6.45) is 14.5. The molecule has 1 aliphatic carbocycles. The number of anilines is 5. The first-order valence-electron chi connectivity index (χ1n) is 21.7. The van der Waals surface area contributed by atoms with Crippen molar-refractivity contribution in [3.63, 3.8) is 0 Å². The van der Waals surface area contributed by atoms with Gasteiger partial charge in [-0.3, -0.25) is 0 Å². The van der Waals surface area contributed by atoms with Crippen LogP contribution >= 0.6 is 11.3 Å². The lowest BCUT2D eigenvalue weighted by molar-refractivity contribution is 0.679. The molecule has 1 unspecified atom stereocenters. The lowest BCUT2D eigenvalue weighted by Crippen LogP contribution is -2.18. The summed E-state index contributed by atoms with van der Waals surface area (Å²) >= 11 is 1.88. The van der Waals surface area contributed by atoms with Crippen LogP contribution in [0.3, 0.4) is 0 Å². The minimum Gasteiger partial charge on any atom is -0.311 e. The van der Waals surface area contributed by atoms with Crippen LogP contribution in [-0.4, -0.2) is 0 Å². The quantitative estimate of drug-likeness (QED) is 0.114. The standard InChI is InChI=1S/C56H58N2S/c1-9-43-20-26-50(34-45(43)11-3)57(48-22-13-37(5)39(7)31-48)47-24-17-41(18-25-47)15-16-42-19-29-53-54-30-28-52(36-56(54)59-55(53)33-42)58(49-23-14-38(6)40(8)32-49)51-27-21-44(10-2)46(12-4)35-51/h14-37H,9-13H2,1-8H3/b16-15+. The summed E-state index contributed by atoms with van der Waals surface area (Å²) in [4.78, 5) is 4.87. The van der Waals surface area contributed by atoms with Crippen LogP contribution < -0.4 is 9.80 Å². The summed E-state index contributed by atoms with van der Waals surface area (Å²) in [5.74, 6) is 0.577. The van der Waals surface area contributed by atoms with Gasteiger partial charge in [-0.05, 0) is 176 Å². The fraction of sp³-hybridized carbons (Fsp3) is 0.250. The SMILES string of the molecule is CCc1ccc(N(C2=CCC(C)C(C)=C2)c2ccc(/C=C/c3ccc4c(c3)sc3cc(N(c5ccc(C)c(C)c5)c5ccc(CC)c(CC)c5)ccc34)cc2)cc1CC. The molecule has 298 valence electrons. The molecule has 7 aromatic rings. The van der Waals surface area contributed by atoms with Crippen LogP contribution in [-0.2, 0) is 25.7 Å². The highest BCUT2D eigenvalue weighted by Crippen LogP contribution is 2.42. The van der Waals surface area contributed by atoms with E-state index in [4.69, 9.17) is 0 Å². The van der Waals surface area contributed by atoms with Crippen molar-refractivity contribution in [2.75, 3.05) is 9.80 Å². The van der Waals surface area contributed by atoms with Gasteiger partial charge in [0.05, 0.1) is 0 Å². The average molecular weight is 791 g/mol. The Morgan fingerprint density at radius 1 is 0.508 bits per heavy atom. The van der Waals surface area contributed by atoms with E-state index in [1.807, 2.05) is 11.3 Å². The van der Waals surface area contributed by atoms with Crippen molar-refractivity contribution in [3.8, 4) is 0 Å². The summed E-state index contributed by atoms with van der Waals surface area (Å²) in [5, 5.41) is 2.62. The van der Waals surface area contributed by atoms with Gasteiger partial charge in [-0.25, -0.2) is 0 Å². The minimum atomic E-state index is 0.577. The second-order valence-electron chi connectivity index (χ2n) is 16.4. The van der Waals surface area contributed by atoms with Gasteiger partial charge in [0.2, 0.25) is 0 Å². The van der Waals surface area contributed by atoms with Gasteiger partial charge in [-0.2, -0.15) is 0 Å². The first-order chi connectivity index (χ1) is 28.7. The third kappa shape index (κ3) is 8.19. The lowest BCUT2D eigenvalue weighted by Gasteiger charge is -2.30. The van der Waals surface area contributed by atoms with Crippen LogP contribution in [0.5, 0.6) is 0 Å². The summed E-state index contributed by atoms with van der Waals surface area (Å²) in [7, 11) is 0. The van der Waals surface area contributed by atoms with E-state index in [1.165, 1.54) is 104 Å². The van der Waals surface area contributed by atoms with E-state index in [0.29, 0.717) is 5.92 Å². The Hall–Kier alpha value is -5.64. The zero-order valence-electron chi connectivity index (χ0n) is 36.2. The molecule has 0 bridgehead atoms. The van der Waals surface area contributed by atoms with Gasteiger partial charge >= 0.3 is 0 Å². The molecule has 1 aliphatic rings. The summed E-state index contributed by atoms with van der Waals surface area (Å²) in [6.45, 7) is 18.0. The Balaban J connectivity index is 1.09. The number of hydrogen-bond acceptors (Lipinski definition) is 3. The van der Waals surface area contributed by atoms with Gasteiger partial charge < -0.3 is 9.80 Å². The lowest BCUT2D eigenvalue weighted by atomic mass is 9.92. The van der Waals surface area contributed by atoms with E-state index >= 15 is 0 Å². The van der Waals surface area contributed by atoms with Gasteiger partial charge in [0, 0.05) is 54.3 Å². The Morgan fingerprint density at radius 2 is 1.02 bits per heavy atom. The monoisotopic (exact) mass is 790 g/mol. The number of hydrogen-bond donors (Lipinski definition) is 0. The maximum atomic E-state index is 2.44. The second-order valence-corrected chi connectivity index (χ2v) is 17.5. The summed E-state index contributed by atoms with van der Waals surface area (Å²) < 4.78 is 2.61. The Bertz CT molecular complexity index is 2740. The third-order valence-electron chi connectivity index (χ3n) is 12.6. The predicted molar refractivity (Wildman–Crippen MR) is 261 cm³/mol. The van der Waals surface area contributed by atoms with Gasteiger partial charge in [0.15, 0.2) is 0 Å². The Labute approximate surface area is 356 Å². The summed E-state index contributed by atoms with van der Waals surface area (Å²) in [5.41, 5.74) is 19.4. The number of aryl methyl sites for hydroxylation is 6. The van der Waals surface area contributed by atoms with Crippen molar-refractivity contribution in [1.82, 2.24) is 0 Å². The predicted octanol–water partition coefficient (Wildman–Crippen LogP) is 16.6. The molecular formula is C56H58N2S. The van der Waals surface area contributed by atoms with Gasteiger partial charge in [-0.1, -0.05) is 107 Å². The molecule has 6 aromatic carbocycles. The van der Waals surface area contributed by atoms with Crippen LogP contribution in [0.2, 0.25) is 0 Å². The molecular weight excluding hydrogens is 733 g/mol.